The molecule has 1 aromatic rings. The molecule has 4 heteroatoms. The van der Waals surface area contributed by atoms with E-state index in [0.717, 1.165) is 12.2 Å². The fourth-order valence-electron chi connectivity index (χ4n) is 0.840. The highest BCUT2D eigenvalue weighted by molar-refractivity contribution is 5.17. The maximum Gasteiger partial charge on any atom is 0.133 e. The Bertz CT molecular complexity index is 222. The Hall–Kier alpha value is -1.13. The summed E-state index contributed by atoms with van der Waals surface area (Å²) in [6.07, 6.45) is 1.43. The number of pyridine rings is 1. The minimum Gasteiger partial charge on any atom is -0.506 e. The van der Waals surface area contributed by atoms with Gasteiger partial charge >= 0.3 is 0 Å². The first-order chi connectivity index (χ1) is 5.83. The van der Waals surface area contributed by atoms with E-state index in [0.29, 0.717) is 13.1 Å². The molecule has 4 nitrogen and oxygen atoms in total. The second-order valence-corrected chi connectivity index (χ2v) is 2.47. The van der Waals surface area contributed by atoms with Gasteiger partial charge in [0, 0.05) is 19.6 Å². The maximum absolute atomic E-state index is 8.93. The van der Waals surface area contributed by atoms with Crippen molar-refractivity contribution in [3.05, 3.63) is 24.0 Å². The molecule has 0 aromatic carbocycles. The molecule has 0 saturated heterocycles. The summed E-state index contributed by atoms with van der Waals surface area (Å²) in [6.45, 7) is 2.10. The zero-order valence-corrected chi connectivity index (χ0v) is 6.83. The maximum atomic E-state index is 8.93. The van der Waals surface area contributed by atoms with E-state index in [1.165, 1.54) is 6.20 Å². The third-order valence-corrected chi connectivity index (χ3v) is 1.44. The lowest BCUT2D eigenvalue weighted by Crippen LogP contribution is -2.22. The van der Waals surface area contributed by atoms with Gasteiger partial charge in [-0.3, -0.25) is 4.98 Å². The number of nitrogens with zero attached hydrogens (tertiary/aromatic N) is 1. The lowest BCUT2D eigenvalue weighted by atomic mass is 10.3. The monoisotopic (exact) mass is 167 g/mol. The lowest BCUT2D eigenvalue weighted by Gasteiger charge is -2.01. The van der Waals surface area contributed by atoms with Crippen molar-refractivity contribution in [3.8, 4) is 5.75 Å². The number of aromatic hydroxyl groups is 1. The Morgan fingerprint density at radius 1 is 1.50 bits per heavy atom. The number of hydrogen-bond acceptors (Lipinski definition) is 4. The predicted octanol–water partition coefficient (Wildman–Crippen LogP) is -0.165. The smallest absolute Gasteiger partial charge is 0.133 e. The highest BCUT2D eigenvalue weighted by Gasteiger charge is 1.92. The molecule has 0 aliphatic rings. The van der Waals surface area contributed by atoms with Crippen LogP contribution in [0.15, 0.2) is 18.3 Å². The molecule has 4 N–H and O–H groups in total. The van der Waals surface area contributed by atoms with Gasteiger partial charge in [-0.1, -0.05) is 0 Å². The van der Waals surface area contributed by atoms with Crippen LogP contribution in [0, 0.1) is 0 Å². The van der Waals surface area contributed by atoms with Crippen molar-refractivity contribution in [2.24, 2.45) is 5.73 Å². The largest absolute Gasteiger partial charge is 0.506 e. The van der Waals surface area contributed by atoms with E-state index in [1.54, 1.807) is 12.1 Å². The molecule has 12 heavy (non-hydrogen) atoms. The predicted molar refractivity (Wildman–Crippen MR) is 46.7 cm³/mol. The molecule has 0 radical (unpaired) electrons. The van der Waals surface area contributed by atoms with Crippen LogP contribution in [0.4, 0.5) is 0 Å². The van der Waals surface area contributed by atoms with Crippen molar-refractivity contribution < 1.29 is 5.11 Å². The van der Waals surface area contributed by atoms with Crippen LogP contribution in [-0.2, 0) is 6.54 Å². The van der Waals surface area contributed by atoms with Crippen LogP contribution in [0.25, 0.3) is 0 Å². The van der Waals surface area contributed by atoms with Crippen LogP contribution in [0.5, 0.6) is 5.75 Å². The topological polar surface area (TPSA) is 71.2 Å². The van der Waals surface area contributed by atoms with Crippen molar-refractivity contribution >= 4 is 0 Å². The molecule has 0 aliphatic carbocycles. The average Bonchev–Trinajstić information content (AvgIpc) is 2.09. The van der Waals surface area contributed by atoms with Gasteiger partial charge < -0.3 is 16.2 Å². The molecule has 0 unspecified atom stereocenters. The zero-order chi connectivity index (χ0) is 8.81. The first kappa shape index (κ1) is 8.96. The van der Waals surface area contributed by atoms with Gasteiger partial charge in [-0.05, 0) is 12.1 Å². The summed E-state index contributed by atoms with van der Waals surface area (Å²) in [5.41, 5.74) is 6.20. The third kappa shape index (κ3) is 2.86. The number of aromatic nitrogens is 1. The summed E-state index contributed by atoms with van der Waals surface area (Å²) in [6, 6.07) is 3.39. The van der Waals surface area contributed by atoms with Crippen LogP contribution >= 0.6 is 0 Å². The highest BCUT2D eigenvalue weighted by Crippen LogP contribution is 2.04. The first-order valence-electron chi connectivity index (χ1n) is 3.87. The minimum atomic E-state index is 0.192. The van der Waals surface area contributed by atoms with Gasteiger partial charge in [0.05, 0.1) is 11.9 Å². The summed E-state index contributed by atoms with van der Waals surface area (Å²) in [4.78, 5) is 4.00. The van der Waals surface area contributed by atoms with E-state index in [4.69, 9.17) is 10.8 Å². The standard InChI is InChI=1S/C8H13N3O/c9-3-4-10-5-7-1-2-8(12)6-11-7/h1-2,6,10,12H,3-5,9H2. The van der Waals surface area contributed by atoms with E-state index >= 15 is 0 Å². The Balaban J connectivity index is 2.37. The second kappa shape index (κ2) is 4.69. The molecule has 0 atom stereocenters. The fourth-order valence-corrected chi connectivity index (χ4v) is 0.840. The Kier molecular flexibility index (Phi) is 3.50. The minimum absolute atomic E-state index is 0.192. The highest BCUT2D eigenvalue weighted by atomic mass is 16.3. The van der Waals surface area contributed by atoms with E-state index in [2.05, 4.69) is 10.3 Å². The molecular weight excluding hydrogens is 154 g/mol. The van der Waals surface area contributed by atoms with Crippen LogP contribution < -0.4 is 11.1 Å². The van der Waals surface area contributed by atoms with Gasteiger partial charge in [0.1, 0.15) is 5.75 Å². The molecule has 0 aliphatic heterocycles. The van der Waals surface area contributed by atoms with Gasteiger partial charge in [0.15, 0.2) is 0 Å². The van der Waals surface area contributed by atoms with Gasteiger partial charge in [0.25, 0.3) is 0 Å². The zero-order valence-electron chi connectivity index (χ0n) is 6.83. The average molecular weight is 167 g/mol. The van der Waals surface area contributed by atoms with Gasteiger partial charge in [0.2, 0.25) is 0 Å². The van der Waals surface area contributed by atoms with Gasteiger partial charge in [-0.15, -0.1) is 0 Å². The second-order valence-electron chi connectivity index (χ2n) is 2.47. The Labute approximate surface area is 71.4 Å². The number of nitrogens with one attached hydrogen (secondary N) is 1. The molecule has 0 fully saturated rings. The van der Waals surface area contributed by atoms with Crippen molar-refractivity contribution in [2.75, 3.05) is 13.1 Å². The number of hydrogen-bond donors (Lipinski definition) is 3. The molecule has 0 bridgehead atoms. The summed E-state index contributed by atoms with van der Waals surface area (Å²) in [7, 11) is 0. The molecule has 1 rings (SSSR count). The summed E-state index contributed by atoms with van der Waals surface area (Å²) in [5.74, 6) is 0.192. The van der Waals surface area contributed by atoms with Gasteiger partial charge in [-0.25, -0.2) is 0 Å². The quantitative estimate of drug-likeness (QED) is 0.545. The van der Waals surface area contributed by atoms with E-state index < -0.39 is 0 Å². The third-order valence-electron chi connectivity index (χ3n) is 1.44. The van der Waals surface area contributed by atoms with Crippen LogP contribution in [0.2, 0.25) is 0 Å². The first-order valence-corrected chi connectivity index (χ1v) is 3.87. The Morgan fingerprint density at radius 3 is 2.92 bits per heavy atom. The molecule has 0 saturated carbocycles. The van der Waals surface area contributed by atoms with Crippen LogP contribution in [0.3, 0.4) is 0 Å². The van der Waals surface area contributed by atoms with Crippen LogP contribution in [-0.4, -0.2) is 23.2 Å². The normalized spacial score (nSPS) is 10.1. The van der Waals surface area contributed by atoms with Crippen molar-refractivity contribution in [1.82, 2.24) is 10.3 Å². The van der Waals surface area contributed by atoms with Crippen molar-refractivity contribution in [3.63, 3.8) is 0 Å². The van der Waals surface area contributed by atoms with Crippen LogP contribution in [0.1, 0.15) is 5.69 Å². The lowest BCUT2D eigenvalue weighted by molar-refractivity contribution is 0.471. The van der Waals surface area contributed by atoms with Crippen molar-refractivity contribution in [1.29, 1.82) is 0 Å². The molecule has 0 amide bonds. The summed E-state index contributed by atoms with van der Waals surface area (Å²) in [5, 5.41) is 12.0. The molecule has 1 aromatic heterocycles. The molecule has 1 heterocycles. The van der Waals surface area contributed by atoms with E-state index in [9.17, 15) is 0 Å². The molecule has 66 valence electrons. The number of rotatable bonds is 4. The molecular formula is C8H13N3O. The molecule has 0 spiro atoms. The number of nitrogens with two attached hydrogens (primary N) is 1. The fraction of sp³-hybridized carbons (Fsp3) is 0.375. The van der Waals surface area contributed by atoms with E-state index in [1.807, 2.05) is 0 Å². The van der Waals surface area contributed by atoms with Crippen molar-refractivity contribution in [2.45, 2.75) is 6.54 Å². The summed E-state index contributed by atoms with van der Waals surface area (Å²) < 4.78 is 0. The Morgan fingerprint density at radius 2 is 2.33 bits per heavy atom. The summed E-state index contributed by atoms with van der Waals surface area (Å²) >= 11 is 0. The van der Waals surface area contributed by atoms with E-state index in [-0.39, 0.29) is 5.75 Å². The van der Waals surface area contributed by atoms with Gasteiger partial charge in [-0.2, -0.15) is 0 Å². The SMILES string of the molecule is NCCNCc1ccc(O)cn1.